The minimum Gasteiger partial charge on any atom is -0.372 e. The summed E-state index contributed by atoms with van der Waals surface area (Å²) in [7, 11) is 0. The molecule has 0 amide bonds. The van der Waals surface area contributed by atoms with E-state index >= 15 is 0 Å². The van der Waals surface area contributed by atoms with Gasteiger partial charge in [-0.2, -0.15) is 0 Å². The van der Waals surface area contributed by atoms with E-state index in [1.54, 1.807) is 0 Å². The van der Waals surface area contributed by atoms with Crippen molar-refractivity contribution in [2.45, 2.75) is 25.5 Å². The largest absolute Gasteiger partial charge is 0.372 e. The Morgan fingerprint density at radius 2 is 2.50 bits per heavy atom. The van der Waals surface area contributed by atoms with Crippen molar-refractivity contribution in [3.63, 3.8) is 0 Å². The third kappa shape index (κ3) is 2.79. The van der Waals surface area contributed by atoms with Gasteiger partial charge < -0.3 is 10.1 Å². The van der Waals surface area contributed by atoms with Gasteiger partial charge in [0.1, 0.15) is 19.2 Å². The third-order valence-electron chi connectivity index (χ3n) is 2.53. The first-order valence-corrected chi connectivity index (χ1v) is 5.28. The van der Waals surface area contributed by atoms with Crippen LogP contribution in [0.3, 0.4) is 0 Å². The number of nitrogens with zero attached hydrogens (tertiary/aromatic N) is 1. The van der Waals surface area contributed by atoms with E-state index in [-0.39, 0.29) is 0 Å². The molecule has 1 saturated heterocycles. The van der Waals surface area contributed by atoms with Crippen LogP contribution in [0.25, 0.3) is 0 Å². The SMILES string of the molecule is c1ccc(C[NH2+]C[C@H]2CCCO2)nc1. The Morgan fingerprint density at radius 1 is 1.50 bits per heavy atom. The number of nitrogens with two attached hydrogens (primary N) is 1. The van der Waals surface area contributed by atoms with Crippen molar-refractivity contribution < 1.29 is 10.1 Å². The number of pyridine rings is 1. The molecule has 0 spiro atoms. The fourth-order valence-electron chi connectivity index (χ4n) is 1.77. The average molecular weight is 193 g/mol. The van der Waals surface area contributed by atoms with Crippen LogP contribution in [0, 0.1) is 0 Å². The lowest BCUT2D eigenvalue weighted by molar-refractivity contribution is -0.676. The van der Waals surface area contributed by atoms with Crippen LogP contribution in [0.1, 0.15) is 18.5 Å². The molecule has 1 aliphatic rings. The van der Waals surface area contributed by atoms with E-state index in [1.807, 2.05) is 18.3 Å². The van der Waals surface area contributed by atoms with E-state index in [4.69, 9.17) is 4.74 Å². The van der Waals surface area contributed by atoms with Crippen molar-refractivity contribution in [2.75, 3.05) is 13.2 Å². The first kappa shape index (κ1) is 9.62. The van der Waals surface area contributed by atoms with Gasteiger partial charge >= 0.3 is 0 Å². The minimum absolute atomic E-state index is 0.471. The third-order valence-corrected chi connectivity index (χ3v) is 2.53. The molecule has 0 saturated carbocycles. The molecule has 2 N–H and O–H groups in total. The van der Waals surface area contributed by atoms with Crippen LogP contribution in [0.2, 0.25) is 0 Å². The summed E-state index contributed by atoms with van der Waals surface area (Å²) in [4.78, 5) is 4.27. The van der Waals surface area contributed by atoms with E-state index in [2.05, 4.69) is 16.4 Å². The lowest BCUT2D eigenvalue weighted by Gasteiger charge is -2.07. The second-order valence-corrected chi connectivity index (χ2v) is 3.68. The molecule has 0 bridgehead atoms. The number of quaternary nitrogens is 1. The fourth-order valence-corrected chi connectivity index (χ4v) is 1.77. The number of aromatic nitrogens is 1. The average Bonchev–Trinajstić information content (AvgIpc) is 2.72. The van der Waals surface area contributed by atoms with Crippen molar-refractivity contribution in [3.8, 4) is 0 Å². The Kier molecular flexibility index (Phi) is 3.49. The molecule has 0 unspecified atom stereocenters. The van der Waals surface area contributed by atoms with E-state index < -0.39 is 0 Å². The van der Waals surface area contributed by atoms with Gasteiger partial charge in [0.15, 0.2) is 0 Å². The number of hydrogen-bond acceptors (Lipinski definition) is 2. The predicted octanol–water partition coefficient (Wildman–Crippen LogP) is 0.324. The lowest BCUT2D eigenvalue weighted by Crippen LogP contribution is -2.84. The molecule has 2 rings (SSSR count). The lowest BCUT2D eigenvalue weighted by atomic mass is 10.2. The van der Waals surface area contributed by atoms with Gasteiger partial charge in [-0.15, -0.1) is 0 Å². The second-order valence-electron chi connectivity index (χ2n) is 3.68. The summed E-state index contributed by atoms with van der Waals surface area (Å²) in [5, 5.41) is 2.28. The standard InChI is InChI=1S/C11H16N2O/c1-2-6-13-10(4-1)8-12-9-11-5-3-7-14-11/h1-2,4,6,11-12H,3,5,7-9H2/p+1/t11-/m1/s1. The summed E-state index contributed by atoms with van der Waals surface area (Å²) in [6, 6.07) is 6.04. The number of ether oxygens (including phenoxy) is 1. The molecular weight excluding hydrogens is 176 g/mol. The minimum atomic E-state index is 0.471. The van der Waals surface area contributed by atoms with E-state index in [9.17, 15) is 0 Å². The Hall–Kier alpha value is -0.930. The van der Waals surface area contributed by atoms with Gasteiger partial charge in [-0.05, 0) is 25.0 Å². The summed E-state index contributed by atoms with van der Waals surface area (Å²) in [6.07, 6.45) is 4.76. The number of rotatable bonds is 4. The van der Waals surface area contributed by atoms with Gasteiger partial charge in [0.05, 0.1) is 5.69 Å². The molecule has 1 aromatic heterocycles. The Labute approximate surface area is 84.5 Å². The quantitative estimate of drug-likeness (QED) is 0.748. The van der Waals surface area contributed by atoms with Gasteiger partial charge in [-0.1, -0.05) is 6.07 Å². The zero-order valence-corrected chi connectivity index (χ0v) is 8.36. The maximum absolute atomic E-state index is 5.54. The maximum atomic E-state index is 5.54. The van der Waals surface area contributed by atoms with Gasteiger partial charge in [0, 0.05) is 12.8 Å². The highest BCUT2D eigenvalue weighted by Crippen LogP contribution is 2.09. The Balaban J connectivity index is 1.67. The van der Waals surface area contributed by atoms with E-state index in [0.717, 1.165) is 25.4 Å². The second kappa shape index (κ2) is 5.08. The van der Waals surface area contributed by atoms with Crippen molar-refractivity contribution >= 4 is 0 Å². The Morgan fingerprint density at radius 3 is 3.21 bits per heavy atom. The highest BCUT2D eigenvalue weighted by Gasteiger charge is 2.16. The maximum Gasteiger partial charge on any atom is 0.119 e. The first-order chi connectivity index (χ1) is 6.95. The molecule has 1 aliphatic heterocycles. The van der Waals surface area contributed by atoms with E-state index in [1.165, 1.54) is 12.8 Å². The zero-order valence-electron chi connectivity index (χ0n) is 8.36. The first-order valence-electron chi connectivity index (χ1n) is 5.28. The summed E-state index contributed by atoms with van der Waals surface area (Å²) < 4.78 is 5.54. The van der Waals surface area contributed by atoms with Crippen molar-refractivity contribution in [2.24, 2.45) is 0 Å². The molecule has 76 valence electrons. The molecule has 0 radical (unpaired) electrons. The van der Waals surface area contributed by atoms with Crippen molar-refractivity contribution in [3.05, 3.63) is 30.1 Å². The molecule has 2 heterocycles. The van der Waals surface area contributed by atoms with Crippen molar-refractivity contribution in [1.82, 2.24) is 4.98 Å². The summed E-state index contributed by atoms with van der Waals surface area (Å²) in [5.41, 5.74) is 1.14. The van der Waals surface area contributed by atoms with Crippen LogP contribution in [0.5, 0.6) is 0 Å². The normalized spacial score (nSPS) is 21.3. The number of hydrogen-bond donors (Lipinski definition) is 1. The molecule has 0 aromatic carbocycles. The van der Waals surface area contributed by atoms with Crippen LogP contribution in [-0.2, 0) is 11.3 Å². The molecule has 3 heteroatoms. The Bertz CT molecular complexity index is 257. The van der Waals surface area contributed by atoms with Crippen LogP contribution in [-0.4, -0.2) is 24.2 Å². The topological polar surface area (TPSA) is 38.7 Å². The van der Waals surface area contributed by atoms with Crippen LogP contribution < -0.4 is 5.32 Å². The monoisotopic (exact) mass is 193 g/mol. The molecule has 1 fully saturated rings. The molecule has 1 atom stereocenters. The smallest absolute Gasteiger partial charge is 0.119 e. The van der Waals surface area contributed by atoms with Crippen LogP contribution in [0.15, 0.2) is 24.4 Å². The van der Waals surface area contributed by atoms with Gasteiger partial charge in [0.2, 0.25) is 0 Å². The highest BCUT2D eigenvalue weighted by molar-refractivity contribution is 5.01. The van der Waals surface area contributed by atoms with E-state index in [0.29, 0.717) is 6.10 Å². The fraction of sp³-hybridized carbons (Fsp3) is 0.545. The zero-order chi connectivity index (χ0) is 9.64. The van der Waals surface area contributed by atoms with Crippen LogP contribution >= 0.6 is 0 Å². The highest BCUT2D eigenvalue weighted by atomic mass is 16.5. The summed E-state index contributed by atoms with van der Waals surface area (Å²) in [5.74, 6) is 0. The molecule has 14 heavy (non-hydrogen) atoms. The molecular formula is C11H17N2O+. The van der Waals surface area contributed by atoms with Gasteiger partial charge in [0.25, 0.3) is 0 Å². The summed E-state index contributed by atoms with van der Waals surface area (Å²) in [6.45, 7) is 2.97. The molecule has 3 nitrogen and oxygen atoms in total. The van der Waals surface area contributed by atoms with Crippen molar-refractivity contribution in [1.29, 1.82) is 0 Å². The van der Waals surface area contributed by atoms with Gasteiger partial charge in [-0.25, -0.2) is 0 Å². The van der Waals surface area contributed by atoms with Gasteiger partial charge in [-0.3, -0.25) is 4.98 Å². The van der Waals surface area contributed by atoms with Crippen LogP contribution in [0.4, 0.5) is 0 Å². The molecule has 0 aliphatic carbocycles. The molecule has 1 aromatic rings. The summed E-state index contributed by atoms with van der Waals surface area (Å²) >= 11 is 0. The predicted molar refractivity (Wildman–Crippen MR) is 53.7 cm³/mol.